The molecule has 2 saturated heterocycles. The van der Waals surface area contributed by atoms with Gasteiger partial charge in [-0.25, -0.2) is 4.79 Å². The number of rotatable bonds is 7. The van der Waals surface area contributed by atoms with Crippen molar-refractivity contribution < 1.29 is 24.0 Å². The topological polar surface area (TPSA) is 108 Å². The summed E-state index contributed by atoms with van der Waals surface area (Å²) in [6.45, 7) is 4.70. The van der Waals surface area contributed by atoms with Crippen molar-refractivity contribution in [1.29, 1.82) is 0 Å². The number of hydrogen-bond acceptors (Lipinski definition) is 6. The van der Waals surface area contributed by atoms with Gasteiger partial charge in [0, 0.05) is 37.7 Å². The predicted octanol–water partition coefficient (Wildman–Crippen LogP) is 3.29. The van der Waals surface area contributed by atoms with E-state index in [4.69, 9.17) is 4.84 Å². The number of piperazine rings is 1. The maximum Gasteiger partial charge on any atom is 0.332 e. The Hall–Kier alpha value is -2.94. The van der Waals surface area contributed by atoms with Crippen molar-refractivity contribution in [3.05, 3.63) is 35.4 Å². The highest BCUT2D eigenvalue weighted by Crippen LogP contribution is 2.37. The first kappa shape index (κ1) is 27.6. The van der Waals surface area contributed by atoms with Gasteiger partial charge < -0.3 is 20.0 Å². The molecule has 2 atom stereocenters. The maximum absolute atomic E-state index is 13.8. The minimum atomic E-state index is -0.799. The molecule has 4 aliphatic heterocycles. The van der Waals surface area contributed by atoms with Crippen LogP contribution in [-0.4, -0.2) is 71.3 Å². The first-order valence-electron chi connectivity index (χ1n) is 14.8. The first-order chi connectivity index (χ1) is 18.9. The number of likely N-dealkylation sites (tertiary alicyclic amines) is 1. The molecule has 1 saturated carbocycles. The molecule has 9 heteroatoms. The normalized spacial score (nSPS) is 26.3. The van der Waals surface area contributed by atoms with E-state index < -0.39 is 23.5 Å². The molecule has 1 aromatic rings. The fourth-order valence-electron chi connectivity index (χ4n) is 6.95. The molecule has 3 amide bonds. The van der Waals surface area contributed by atoms with Crippen molar-refractivity contribution in [3.63, 3.8) is 0 Å². The third-order valence-electron chi connectivity index (χ3n) is 9.31. The van der Waals surface area contributed by atoms with E-state index in [1.54, 1.807) is 12.1 Å². The SMILES string of the molecule is CCCCN1C(=O)[C@H](CC2CCCCC2)NC(=O)C12CCN(C[C@H]1CC(=O)ONC(=O)c3ccc1cc3)CC2. The minimum absolute atomic E-state index is 0.00672. The second-order valence-electron chi connectivity index (χ2n) is 11.9. The average Bonchev–Trinajstić information content (AvgIpc) is 2.96. The maximum atomic E-state index is 13.8. The van der Waals surface area contributed by atoms with E-state index in [0.29, 0.717) is 50.5 Å². The van der Waals surface area contributed by atoms with Gasteiger partial charge in [-0.05, 0) is 49.3 Å². The monoisotopic (exact) mass is 538 g/mol. The largest absolute Gasteiger partial charge is 0.342 e. The summed E-state index contributed by atoms with van der Waals surface area (Å²) in [4.78, 5) is 61.1. The van der Waals surface area contributed by atoms with Gasteiger partial charge in [-0.1, -0.05) is 57.6 Å². The molecule has 9 nitrogen and oxygen atoms in total. The average molecular weight is 539 g/mol. The second-order valence-corrected chi connectivity index (χ2v) is 11.9. The van der Waals surface area contributed by atoms with Crippen LogP contribution in [0.4, 0.5) is 0 Å². The molecule has 212 valence electrons. The lowest BCUT2D eigenvalue weighted by Crippen LogP contribution is -2.73. The van der Waals surface area contributed by atoms with Crippen LogP contribution < -0.4 is 10.8 Å². The van der Waals surface area contributed by atoms with Gasteiger partial charge in [0.15, 0.2) is 0 Å². The zero-order chi connectivity index (χ0) is 27.4. The highest BCUT2D eigenvalue weighted by atomic mass is 16.7. The third-order valence-corrected chi connectivity index (χ3v) is 9.31. The van der Waals surface area contributed by atoms with Crippen LogP contribution in [-0.2, 0) is 19.2 Å². The Morgan fingerprint density at radius 1 is 1.00 bits per heavy atom. The number of nitrogens with zero attached hydrogens (tertiary/aromatic N) is 2. The molecule has 1 spiro atoms. The Morgan fingerprint density at radius 3 is 2.41 bits per heavy atom. The number of carbonyl (C=O) groups is 4. The lowest BCUT2D eigenvalue weighted by Gasteiger charge is -2.52. The van der Waals surface area contributed by atoms with Gasteiger partial charge in [0.25, 0.3) is 5.91 Å². The van der Waals surface area contributed by atoms with Crippen LogP contribution in [0.5, 0.6) is 0 Å². The summed E-state index contributed by atoms with van der Waals surface area (Å²) in [7, 11) is 0. The van der Waals surface area contributed by atoms with E-state index in [1.807, 2.05) is 17.0 Å². The number of carbonyl (C=O) groups excluding carboxylic acids is 4. The van der Waals surface area contributed by atoms with Crippen LogP contribution in [0.3, 0.4) is 0 Å². The number of unbranched alkanes of at least 4 members (excludes halogenated alkanes) is 1. The lowest BCUT2D eigenvalue weighted by atomic mass is 9.79. The molecule has 6 rings (SSSR count). The molecular formula is C30H42N4O5. The third kappa shape index (κ3) is 5.98. The molecule has 3 fully saturated rings. The Kier molecular flexibility index (Phi) is 8.54. The van der Waals surface area contributed by atoms with Crippen LogP contribution in [0.15, 0.2) is 24.3 Å². The summed E-state index contributed by atoms with van der Waals surface area (Å²) in [6.07, 6.45) is 9.93. The van der Waals surface area contributed by atoms with Crippen LogP contribution in [0.1, 0.15) is 99.4 Å². The Labute approximate surface area is 230 Å². The van der Waals surface area contributed by atoms with Gasteiger partial charge >= 0.3 is 5.97 Å². The molecule has 39 heavy (non-hydrogen) atoms. The lowest BCUT2D eigenvalue weighted by molar-refractivity contribution is -0.162. The van der Waals surface area contributed by atoms with Crippen molar-refractivity contribution >= 4 is 23.7 Å². The zero-order valence-corrected chi connectivity index (χ0v) is 23.1. The fraction of sp³-hybridized carbons (Fsp3) is 0.667. The number of hydroxylamine groups is 1. The van der Waals surface area contributed by atoms with Gasteiger partial charge in [-0.15, -0.1) is 0 Å². The molecule has 2 bridgehead atoms. The Balaban J connectivity index is 1.27. The molecular weight excluding hydrogens is 496 g/mol. The van der Waals surface area contributed by atoms with E-state index in [0.717, 1.165) is 37.7 Å². The van der Waals surface area contributed by atoms with Crippen molar-refractivity contribution in [1.82, 2.24) is 20.6 Å². The summed E-state index contributed by atoms with van der Waals surface area (Å²) < 4.78 is 0. The predicted molar refractivity (Wildman–Crippen MR) is 146 cm³/mol. The molecule has 0 radical (unpaired) electrons. The van der Waals surface area contributed by atoms with Crippen LogP contribution in [0.2, 0.25) is 0 Å². The van der Waals surface area contributed by atoms with E-state index in [-0.39, 0.29) is 24.2 Å². The van der Waals surface area contributed by atoms with Gasteiger partial charge in [0.2, 0.25) is 11.8 Å². The summed E-state index contributed by atoms with van der Waals surface area (Å²) in [5.41, 5.74) is 2.84. The standard InChI is InChI=1S/C30H42N4O5/c1-2-3-15-34-28(37)25(18-21-7-5-4-6-8-21)31-29(38)30(34)13-16-33(17-14-30)20-24-19-26(35)39-32-27(36)23-11-9-22(24)10-12-23/h9-12,21,24-25H,2-8,13-20H2,1H3,(H,31,38)(H,32,36)/t24-,25+/m1/s1. The highest BCUT2D eigenvalue weighted by Gasteiger charge is 2.53. The molecule has 0 unspecified atom stereocenters. The van der Waals surface area contributed by atoms with E-state index in [2.05, 4.69) is 22.6 Å². The molecule has 2 N–H and O–H groups in total. The molecule has 1 aliphatic carbocycles. The van der Waals surface area contributed by atoms with Gasteiger partial charge in [-0.2, -0.15) is 5.48 Å². The number of hydrogen-bond donors (Lipinski definition) is 2. The Morgan fingerprint density at radius 2 is 1.72 bits per heavy atom. The van der Waals surface area contributed by atoms with Crippen LogP contribution in [0.25, 0.3) is 0 Å². The second kappa shape index (κ2) is 12.1. The zero-order valence-electron chi connectivity index (χ0n) is 23.1. The van der Waals surface area contributed by atoms with Crippen LogP contribution in [0, 0.1) is 5.92 Å². The highest BCUT2D eigenvalue weighted by molar-refractivity contribution is 6.00. The van der Waals surface area contributed by atoms with E-state index in [9.17, 15) is 19.2 Å². The van der Waals surface area contributed by atoms with Crippen molar-refractivity contribution in [2.45, 2.75) is 95.1 Å². The Bertz CT molecular complexity index is 1060. The minimum Gasteiger partial charge on any atom is -0.342 e. The molecule has 5 aliphatic rings. The fourth-order valence-corrected chi connectivity index (χ4v) is 6.95. The van der Waals surface area contributed by atoms with E-state index in [1.165, 1.54) is 19.3 Å². The smallest absolute Gasteiger partial charge is 0.332 e. The summed E-state index contributed by atoms with van der Waals surface area (Å²) >= 11 is 0. The number of piperidine rings is 1. The van der Waals surface area contributed by atoms with Gasteiger partial charge in [-0.3, -0.25) is 14.4 Å². The van der Waals surface area contributed by atoms with Crippen molar-refractivity contribution in [3.8, 4) is 0 Å². The number of amides is 3. The van der Waals surface area contributed by atoms with Crippen molar-refractivity contribution in [2.75, 3.05) is 26.2 Å². The summed E-state index contributed by atoms with van der Waals surface area (Å²) in [6, 6.07) is 6.88. The quantitative estimate of drug-likeness (QED) is 0.552. The van der Waals surface area contributed by atoms with Crippen LogP contribution >= 0.6 is 0 Å². The number of benzene rings is 1. The summed E-state index contributed by atoms with van der Waals surface area (Å²) in [5, 5.41) is 3.17. The summed E-state index contributed by atoms with van der Waals surface area (Å²) in [5.74, 6) is -0.400. The number of fused-ring (bicyclic) bond motifs is 7. The van der Waals surface area contributed by atoms with E-state index >= 15 is 0 Å². The first-order valence-corrected chi connectivity index (χ1v) is 14.8. The number of nitrogens with one attached hydrogen (secondary N) is 2. The van der Waals surface area contributed by atoms with Crippen molar-refractivity contribution in [2.24, 2.45) is 5.92 Å². The van der Waals surface area contributed by atoms with Gasteiger partial charge in [0.05, 0.1) is 6.42 Å². The molecule has 4 heterocycles. The molecule has 0 aromatic heterocycles. The van der Waals surface area contributed by atoms with Gasteiger partial charge in [0.1, 0.15) is 11.6 Å². The molecule has 1 aromatic carbocycles.